The van der Waals surface area contributed by atoms with Gasteiger partial charge in [0.1, 0.15) is 0 Å². The molecule has 1 aliphatic heterocycles. The van der Waals surface area contributed by atoms with Crippen LogP contribution in [-0.2, 0) is 0 Å². The summed E-state index contributed by atoms with van der Waals surface area (Å²) in [5.41, 5.74) is 0. The minimum absolute atomic E-state index is 0.351. The summed E-state index contributed by atoms with van der Waals surface area (Å²) in [6.07, 6.45) is 7.37. The van der Waals surface area contributed by atoms with Crippen molar-refractivity contribution in [2.45, 2.75) is 45.4 Å². The van der Waals surface area contributed by atoms with Gasteiger partial charge in [0.05, 0.1) is 0 Å². The van der Waals surface area contributed by atoms with Crippen LogP contribution in [0.5, 0.6) is 0 Å². The highest BCUT2D eigenvalue weighted by molar-refractivity contribution is 4.74. The van der Waals surface area contributed by atoms with Crippen molar-refractivity contribution in [2.24, 2.45) is 5.92 Å². The lowest BCUT2D eigenvalue weighted by molar-refractivity contribution is 0.168. The third-order valence-electron chi connectivity index (χ3n) is 3.60. The van der Waals surface area contributed by atoms with Crippen molar-refractivity contribution in [1.82, 2.24) is 10.2 Å². The van der Waals surface area contributed by atoms with Gasteiger partial charge in [-0.15, -0.1) is 0 Å². The van der Waals surface area contributed by atoms with Gasteiger partial charge >= 0.3 is 0 Å². The first-order valence-electron chi connectivity index (χ1n) is 7.40. The molecule has 0 radical (unpaired) electrons. The van der Waals surface area contributed by atoms with Gasteiger partial charge < -0.3 is 15.3 Å². The van der Waals surface area contributed by atoms with E-state index < -0.39 is 0 Å². The quantitative estimate of drug-likeness (QED) is 0.606. The van der Waals surface area contributed by atoms with Gasteiger partial charge in [0.2, 0.25) is 0 Å². The molecule has 17 heavy (non-hydrogen) atoms. The summed E-state index contributed by atoms with van der Waals surface area (Å²) in [7, 11) is 0. The first-order chi connectivity index (χ1) is 8.36. The molecule has 3 heteroatoms. The summed E-state index contributed by atoms with van der Waals surface area (Å²) in [6.45, 7) is 8.71. The number of unbranched alkanes of at least 4 members (excludes halogenated alkanes) is 2. The number of hydrogen-bond acceptors (Lipinski definition) is 3. The van der Waals surface area contributed by atoms with Crippen molar-refractivity contribution in [2.75, 3.05) is 39.3 Å². The Kier molecular flexibility index (Phi) is 8.67. The van der Waals surface area contributed by atoms with Crippen LogP contribution in [0.2, 0.25) is 0 Å². The van der Waals surface area contributed by atoms with Crippen LogP contribution >= 0.6 is 0 Å². The Morgan fingerprint density at radius 3 is 2.94 bits per heavy atom. The van der Waals surface area contributed by atoms with E-state index in [-0.39, 0.29) is 0 Å². The number of aliphatic hydroxyl groups excluding tert-OH is 1. The first kappa shape index (κ1) is 14.9. The molecule has 1 atom stereocenters. The molecule has 102 valence electrons. The third kappa shape index (κ3) is 7.02. The van der Waals surface area contributed by atoms with Gasteiger partial charge in [-0.05, 0) is 70.6 Å². The molecule has 1 heterocycles. The van der Waals surface area contributed by atoms with Gasteiger partial charge in [-0.1, -0.05) is 6.92 Å². The molecule has 0 aromatic rings. The fourth-order valence-electron chi connectivity index (χ4n) is 2.63. The Bertz CT molecular complexity index is 176. The van der Waals surface area contributed by atoms with Crippen molar-refractivity contribution in [1.29, 1.82) is 0 Å². The molecule has 0 bridgehead atoms. The van der Waals surface area contributed by atoms with E-state index in [9.17, 15) is 0 Å². The van der Waals surface area contributed by atoms with Crippen molar-refractivity contribution >= 4 is 0 Å². The zero-order valence-electron chi connectivity index (χ0n) is 11.5. The average Bonchev–Trinajstić information content (AvgIpc) is 2.36. The number of nitrogens with zero attached hydrogens (tertiary/aromatic N) is 1. The lowest BCUT2D eigenvalue weighted by Crippen LogP contribution is -2.40. The number of nitrogens with one attached hydrogen (secondary N) is 1. The first-order valence-corrected chi connectivity index (χ1v) is 7.40. The Hall–Kier alpha value is -0.120. The second-order valence-corrected chi connectivity index (χ2v) is 5.30. The van der Waals surface area contributed by atoms with Crippen molar-refractivity contribution < 1.29 is 5.11 Å². The van der Waals surface area contributed by atoms with Gasteiger partial charge in [-0.25, -0.2) is 0 Å². The summed E-state index contributed by atoms with van der Waals surface area (Å²) < 4.78 is 0. The summed E-state index contributed by atoms with van der Waals surface area (Å²) in [4.78, 5) is 2.61. The molecular formula is C14H30N2O. The normalized spacial score (nSPS) is 21.9. The minimum Gasteiger partial charge on any atom is -0.396 e. The number of likely N-dealkylation sites (tertiary alicyclic amines) is 1. The van der Waals surface area contributed by atoms with E-state index in [1.54, 1.807) is 0 Å². The van der Waals surface area contributed by atoms with Crippen LogP contribution in [0.4, 0.5) is 0 Å². The van der Waals surface area contributed by atoms with Crippen molar-refractivity contribution in [3.63, 3.8) is 0 Å². The molecule has 1 rings (SSSR count). The molecule has 1 fully saturated rings. The zero-order chi connectivity index (χ0) is 12.3. The fraction of sp³-hybridized carbons (Fsp3) is 1.00. The van der Waals surface area contributed by atoms with Crippen LogP contribution in [0.25, 0.3) is 0 Å². The van der Waals surface area contributed by atoms with E-state index in [1.807, 2.05) is 0 Å². The molecule has 1 saturated heterocycles. The molecule has 0 spiro atoms. The van der Waals surface area contributed by atoms with Crippen LogP contribution in [0.3, 0.4) is 0 Å². The molecule has 3 nitrogen and oxygen atoms in total. The number of aliphatic hydroxyl groups is 1. The highest BCUT2D eigenvalue weighted by Crippen LogP contribution is 2.16. The standard InChI is InChI=1S/C14H30N2O/c1-2-8-15-12-14-7-6-10-16(13-14)9-4-3-5-11-17/h14-15,17H,2-13H2,1H3. The number of piperidine rings is 1. The molecule has 1 aliphatic rings. The molecule has 2 N–H and O–H groups in total. The number of hydrogen-bond donors (Lipinski definition) is 2. The van der Waals surface area contributed by atoms with Crippen LogP contribution in [0.1, 0.15) is 45.4 Å². The van der Waals surface area contributed by atoms with Gasteiger partial charge in [0.15, 0.2) is 0 Å². The van der Waals surface area contributed by atoms with Crippen LogP contribution in [0, 0.1) is 5.92 Å². The van der Waals surface area contributed by atoms with E-state index in [0.717, 1.165) is 18.9 Å². The van der Waals surface area contributed by atoms with Gasteiger partial charge in [0, 0.05) is 13.2 Å². The van der Waals surface area contributed by atoms with E-state index >= 15 is 0 Å². The largest absolute Gasteiger partial charge is 0.396 e. The molecular weight excluding hydrogens is 212 g/mol. The molecule has 1 unspecified atom stereocenters. The van der Waals surface area contributed by atoms with E-state index in [0.29, 0.717) is 6.61 Å². The van der Waals surface area contributed by atoms with Gasteiger partial charge in [-0.2, -0.15) is 0 Å². The minimum atomic E-state index is 0.351. The maximum absolute atomic E-state index is 8.74. The Labute approximate surface area is 107 Å². The maximum Gasteiger partial charge on any atom is 0.0431 e. The highest BCUT2D eigenvalue weighted by atomic mass is 16.2. The molecule has 0 aromatic heterocycles. The summed E-state index contributed by atoms with van der Waals surface area (Å²) in [5, 5.41) is 12.3. The van der Waals surface area contributed by atoms with E-state index in [1.165, 1.54) is 58.3 Å². The van der Waals surface area contributed by atoms with Crippen molar-refractivity contribution in [3.05, 3.63) is 0 Å². The highest BCUT2D eigenvalue weighted by Gasteiger charge is 2.18. The lowest BCUT2D eigenvalue weighted by Gasteiger charge is -2.32. The summed E-state index contributed by atoms with van der Waals surface area (Å²) in [6, 6.07) is 0. The predicted octanol–water partition coefficient (Wildman–Crippen LogP) is 1.86. The topological polar surface area (TPSA) is 35.5 Å². The molecule has 0 aliphatic carbocycles. The Balaban J connectivity index is 2.06. The third-order valence-corrected chi connectivity index (χ3v) is 3.60. The monoisotopic (exact) mass is 242 g/mol. The maximum atomic E-state index is 8.74. The van der Waals surface area contributed by atoms with E-state index in [2.05, 4.69) is 17.1 Å². The number of rotatable bonds is 9. The fourth-order valence-corrected chi connectivity index (χ4v) is 2.63. The predicted molar refractivity (Wildman–Crippen MR) is 73.3 cm³/mol. The summed E-state index contributed by atoms with van der Waals surface area (Å²) in [5.74, 6) is 0.855. The zero-order valence-corrected chi connectivity index (χ0v) is 11.5. The Morgan fingerprint density at radius 2 is 2.18 bits per heavy atom. The smallest absolute Gasteiger partial charge is 0.0431 e. The van der Waals surface area contributed by atoms with Gasteiger partial charge in [0.25, 0.3) is 0 Å². The summed E-state index contributed by atoms with van der Waals surface area (Å²) >= 11 is 0. The SMILES string of the molecule is CCCNCC1CCCN(CCCCCO)C1. The van der Waals surface area contributed by atoms with Gasteiger partial charge in [-0.3, -0.25) is 0 Å². The Morgan fingerprint density at radius 1 is 1.29 bits per heavy atom. The van der Waals surface area contributed by atoms with Crippen LogP contribution in [0.15, 0.2) is 0 Å². The lowest BCUT2D eigenvalue weighted by atomic mass is 9.97. The van der Waals surface area contributed by atoms with Crippen LogP contribution in [-0.4, -0.2) is 49.3 Å². The molecule has 0 saturated carbocycles. The van der Waals surface area contributed by atoms with E-state index in [4.69, 9.17) is 5.11 Å². The second kappa shape index (κ2) is 9.86. The average molecular weight is 242 g/mol. The van der Waals surface area contributed by atoms with Crippen LogP contribution < -0.4 is 5.32 Å². The molecule has 0 amide bonds. The molecule has 0 aromatic carbocycles. The van der Waals surface area contributed by atoms with Crippen molar-refractivity contribution in [3.8, 4) is 0 Å². The second-order valence-electron chi connectivity index (χ2n) is 5.30.